The normalized spacial score (nSPS) is 9.88. The summed E-state index contributed by atoms with van der Waals surface area (Å²) in [6, 6.07) is 8.46. The summed E-state index contributed by atoms with van der Waals surface area (Å²) in [6.45, 7) is 6.10. The molecule has 2 N–H and O–H groups in total. The summed E-state index contributed by atoms with van der Waals surface area (Å²) in [4.78, 5) is 0. The third kappa shape index (κ3) is 4.62. The maximum absolute atomic E-state index is 5.15. The summed E-state index contributed by atoms with van der Waals surface area (Å²) < 4.78 is 0. The van der Waals surface area contributed by atoms with Gasteiger partial charge in [0.2, 0.25) is 0 Å². The Bertz CT molecular complexity index is 336. The number of nitrogens with one attached hydrogen (secondary N) is 2. The predicted octanol–water partition coefficient (Wildman–Crippen LogP) is 2.41. The highest BCUT2D eigenvalue weighted by Crippen LogP contribution is 2.06. The first-order valence-corrected chi connectivity index (χ1v) is 6.21. The SMILES string of the molecule is CCCNC(=S)NCCc1ccccc1C. The minimum Gasteiger partial charge on any atom is -0.363 e. The molecule has 88 valence electrons. The fourth-order valence-electron chi connectivity index (χ4n) is 1.50. The summed E-state index contributed by atoms with van der Waals surface area (Å²) in [5, 5.41) is 7.13. The Kier molecular flexibility index (Phi) is 5.86. The summed E-state index contributed by atoms with van der Waals surface area (Å²) in [6.07, 6.45) is 2.11. The van der Waals surface area contributed by atoms with E-state index in [1.165, 1.54) is 11.1 Å². The molecule has 0 aliphatic heterocycles. The number of hydrogen-bond acceptors (Lipinski definition) is 1. The van der Waals surface area contributed by atoms with Gasteiger partial charge in [0.1, 0.15) is 0 Å². The van der Waals surface area contributed by atoms with Gasteiger partial charge >= 0.3 is 0 Å². The topological polar surface area (TPSA) is 24.1 Å². The molecular weight excluding hydrogens is 216 g/mol. The van der Waals surface area contributed by atoms with Gasteiger partial charge in [-0.05, 0) is 43.1 Å². The Labute approximate surface area is 103 Å². The first kappa shape index (κ1) is 13.0. The van der Waals surface area contributed by atoms with Gasteiger partial charge in [-0.2, -0.15) is 0 Å². The highest BCUT2D eigenvalue weighted by atomic mass is 32.1. The van der Waals surface area contributed by atoms with Crippen molar-refractivity contribution in [1.29, 1.82) is 0 Å². The second-order valence-corrected chi connectivity index (χ2v) is 4.27. The van der Waals surface area contributed by atoms with E-state index in [4.69, 9.17) is 12.2 Å². The van der Waals surface area contributed by atoms with E-state index in [0.717, 1.165) is 31.0 Å². The molecule has 2 nitrogen and oxygen atoms in total. The summed E-state index contributed by atoms with van der Waals surface area (Å²) in [5.74, 6) is 0. The maximum Gasteiger partial charge on any atom is 0.166 e. The van der Waals surface area contributed by atoms with Crippen LogP contribution in [0.25, 0.3) is 0 Å². The average molecular weight is 236 g/mol. The Morgan fingerprint density at radius 1 is 1.19 bits per heavy atom. The Morgan fingerprint density at radius 3 is 2.56 bits per heavy atom. The van der Waals surface area contributed by atoms with Crippen LogP contribution in [-0.4, -0.2) is 18.2 Å². The molecule has 0 fully saturated rings. The third-order valence-corrected chi connectivity index (χ3v) is 2.77. The van der Waals surface area contributed by atoms with Crippen LogP contribution in [0.2, 0.25) is 0 Å². The van der Waals surface area contributed by atoms with Gasteiger partial charge in [-0.1, -0.05) is 31.2 Å². The molecule has 1 aromatic carbocycles. The van der Waals surface area contributed by atoms with Crippen LogP contribution in [0.4, 0.5) is 0 Å². The van der Waals surface area contributed by atoms with Crippen LogP contribution in [0.5, 0.6) is 0 Å². The summed E-state index contributed by atoms with van der Waals surface area (Å²) in [5.41, 5.74) is 2.73. The van der Waals surface area contributed by atoms with Crippen molar-refractivity contribution >= 4 is 17.3 Å². The largest absolute Gasteiger partial charge is 0.363 e. The molecular formula is C13H20N2S. The monoisotopic (exact) mass is 236 g/mol. The van der Waals surface area contributed by atoms with Gasteiger partial charge in [0.15, 0.2) is 5.11 Å². The van der Waals surface area contributed by atoms with Crippen LogP contribution in [0.15, 0.2) is 24.3 Å². The smallest absolute Gasteiger partial charge is 0.166 e. The molecule has 1 rings (SSSR count). The number of hydrogen-bond donors (Lipinski definition) is 2. The minimum atomic E-state index is 0.760. The quantitative estimate of drug-likeness (QED) is 0.768. The van der Waals surface area contributed by atoms with Crippen LogP contribution >= 0.6 is 12.2 Å². The molecule has 0 atom stereocenters. The molecule has 0 aromatic heterocycles. The molecule has 0 amide bonds. The molecule has 0 aliphatic rings. The first-order valence-electron chi connectivity index (χ1n) is 5.80. The second-order valence-electron chi connectivity index (χ2n) is 3.86. The molecule has 16 heavy (non-hydrogen) atoms. The van der Waals surface area contributed by atoms with E-state index in [-0.39, 0.29) is 0 Å². The van der Waals surface area contributed by atoms with Crippen molar-refractivity contribution in [3.63, 3.8) is 0 Å². The zero-order valence-electron chi connectivity index (χ0n) is 10.0. The lowest BCUT2D eigenvalue weighted by atomic mass is 10.1. The molecule has 0 heterocycles. The fraction of sp³-hybridized carbons (Fsp3) is 0.462. The Hall–Kier alpha value is -1.09. The van der Waals surface area contributed by atoms with E-state index in [2.05, 4.69) is 48.7 Å². The lowest BCUT2D eigenvalue weighted by Gasteiger charge is -2.10. The van der Waals surface area contributed by atoms with E-state index < -0.39 is 0 Å². The van der Waals surface area contributed by atoms with Crippen molar-refractivity contribution in [1.82, 2.24) is 10.6 Å². The van der Waals surface area contributed by atoms with Crippen LogP contribution in [0.1, 0.15) is 24.5 Å². The predicted molar refractivity (Wildman–Crippen MR) is 73.8 cm³/mol. The average Bonchev–Trinajstić information content (AvgIpc) is 2.29. The summed E-state index contributed by atoms with van der Waals surface area (Å²) >= 11 is 5.15. The summed E-state index contributed by atoms with van der Waals surface area (Å²) in [7, 11) is 0. The van der Waals surface area contributed by atoms with E-state index in [9.17, 15) is 0 Å². The van der Waals surface area contributed by atoms with Crippen LogP contribution in [-0.2, 0) is 6.42 Å². The van der Waals surface area contributed by atoms with Crippen molar-refractivity contribution < 1.29 is 0 Å². The van der Waals surface area contributed by atoms with E-state index in [1.807, 2.05) is 0 Å². The zero-order valence-corrected chi connectivity index (χ0v) is 10.9. The van der Waals surface area contributed by atoms with E-state index >= 15 is 0 Å². The molecule has 3 heteroatoms. The van der Waals surface area contributed by atoms with E-state index in [1.54, 1.807) is 0 Å². The van der Waals surface area contributed by atoms with Gasteiger partial charge in [0.25, 0.3) is 0 Å². The fourth-order valence-corrected chi connectivity index (χ4v) is 1.71. The minimum absolute atomic E-state index is 0.760. The molecule has 1 aromatic rings. The van der Waals surface area contributed by atoms with Crippen molar-refractivity contribution in [2.75, 3.05) is 13.1 Å². The van der Waals surface area contributed by atoms with Gasteiger partial charge in [-0.25, -0.2) is 0 Å². The number of thiocarbonyl (C=S) groups is 1. The van der Waals surface area contributed by atoms with Crippen molar-refractivity contribution in [2.24, 2.45) is 0 Å². The molecule has 0 spiro atoms. The lowest BCUT2D eigenvalue weighted by molar-refractivity contribution is 0.789. The van der Waals surface area contributed by atoms with Gasteiger partial charge < -0.3 is 10.6 Å². The molecule has 0 saturated heterocycles. The van der Waals surface area contributed by atoms with Gasteiger partial charge in [0.05, 0.1) is 0 Å². The van der Waals surface area contributed by atoms with Crippen molar-refractivity contribution in [3.05, 3.63) is 35.4 Å². The highest BCUT2D eigenvalue weighted by Gasteiger charge is 1.97. The highest BCUT2D eigenvalue weighted by molar-refractivity contribution is 7.80. The van der Waals surface area contributed by atoms with E-state index in [0.29, 0.717) is 0 Å². The molecule has 0 radical (unpaired) electrons. The zero-order chi connectivity index (χ0) is 11.8. The van der Waals surface area contributed by atoms with Crippen molar-refractivity contribution in [3.8, 4) is 0 Å². The van der Waals surface area contributed by atoms with Crippen LogP contribution in [0, 0.1) is 6.92 Å². The number of benzene rings is 1. The number of aryl methyl sites for hydroxylation is 1. The van der Waals surface area contributed by atoms with Crippen molar-refractivity contribution in [2.45, 2.75) is 26.7 Å². The van der Waals surface area contributed by atoms with Crippen LogP contribution in [0.3, 0.4) is 0 Å². The van der Waals surface area contributed by atoms with Gasteiger partial charge in [-0.3, -0.25) is 0 Å². The third-order valence-electron chi connectivity index (χ3n) is 2.48. The molecule has 0 unspecified atom stereocenters. The molecule has 0 aliphatic carbocycles. The molecule has 0 bridgehead atoms. The Morgan fingerprint density at radius 2 is 1.88 bits per heavy atom. The Balaban J connectivity index is 2.25. The van der Waals surface area contributed by atoms with Gasteiger partial charge in [0, 0.05) is 13.1 Å². The second kappa shape index (κ2) is 7.23. The molecule has 0 saturated carbocycles. The van der Waals surface area contributed by atoms with Gasteiger partial charge in [-0.15, -0.1) is 0 Å². The first-order chi connectivity index (χ1) is 7.74. The van der Waals surface area contributed by atoms with Crippen LogP contribution < -0.4 is 10.6 Å². The standard InChI is InChI=1S/C13H20N2S/c1-3-9-14-13(16)15-10-8-12-7-5-4-6-11(12)2/h4-7H,3,8-10H2,1-2H3,(H2,14,15,16). The maximum atomic E-state index is 5.15. The lowest BCUT2D eigenvalue weighted by Crippen LogP contribution is -2.36. The number of rotatable bonds is 5.